The molecule has 17 heavy (non-hydrogen) atoms. The van der Waals surface area contributed by atoms with Gasteiger partial charge in [0.25, 0.3) is 0 Å². The summed E-state index contributed by atoms with van der Waals surface area (Å²) in [5.74, 6) is -0.169. The van der Waals surface area contributed by atoms with Crippen LogP contribution in [0.15, 0.2) is 30.3 Å². The summed E-state index contributed by atoms with van der Waals surface area (Å²) in [6.07, 6.45) is 2.82. The zero-order chi connectivity index (χ0) is 12.5. The zero-order valence-electron chi connectivity index (χ0n) is 9.69. The average Bonchev–Trinajstić information content (AvgIpc) is 2.29. The van der Waals surface area contributed by atoms with Gasteiger partial charge in [-0.25, -0.2) is 4.79 Å². The molecule has 0 saturated carbocycles. The van der Waals surface area contributed by atoms with Gasteiger partial charge in [-0.2, -0.15) is 0 Å². The quantitative estimate of drug-likeness (QED) is 0.343. The van der Waals surface area contributed by atoms with Gasteiger partial charge in [0.2, 0.25) is 0 Å². The summed E-state index contributed by atoms with van der Waals surface area (Å²) in [5.41, 5.74) is 1.31. The SMILES string of the molecule is N=C(CCCCCc1ccccc1)OC(=O)O. The first-order valence-corrected chi connectivity index (χ1v) is 5.70. The van der Waals surface area contributed by atoms with Crippen molar-refractivity contribution in [1.82, 2.24) is 0 Å². The number of ether oxygens (including phenoxy) is 1. The fourth-order valence-corrected chi connectivity index (χ4v) is 1.59. The number of aryl methyl sites for hydroxylation is 1. The van der Waals surface area contributed by atoms with Gasteiger partial charge in [0.1, 0.15) is 0 Å². The Morgan fingerprint density at radius 3 is 2.53 bits per heavy atom. The Morgan fingerprint density at radius 1 is 1.18 bits per heavy atom. The molecule has 0 bridgehead atoms. The molecule has 0 aliphatic carbocycles. The van der Waals surface area contributed by atoms with Gasteiger partial charge in [0.05, 0.1) is 0 Å². The molecule has 4 nitrogen and oxygen atoms in total. The van der Waals surface area contributed by atoms with Crippen LogP contribution in [0.5, 0.6) is 0 Å². The van der Waals surface area contributed by atoms with Crippen molar-refractivity contribution < 1.29 is 14.6 Å². The highest BCUT2D eigenvalue weighted by atomic mass is 16.7. The molecule has 0 spiro atoms. The third-order valence-electron chi connectivity index (χ3n) is 2.42. The molecule has 0 aromatic heterocycles. The molecule has 1 aromatic carbocycles. The molecule has 0 aliphatic rings. The highest BCUT2D eigenvalue weighted by Crippen LogP contribution is 2.08. The molecule has 0 radical (unpaired) electrons. The number of carboxylic acid groups (broad SMARTS) is 1. The molecule has 2 N–H and O–H groups in total. The van der Waals surface area contributed by atoms with Crippen LogP contribution in [0.4, 0.5) is 4.79 Å². The van der Waals surface area contributed by atoms with Crippen LogP contribution in [0.1, 0.15) is 31.2 Å². The van der Waals surface area contributed by atoms with Gasteiger partial charge in [0, 0.05) is 6.42 Å². The predicted octanol–water partition coefficient (Wildman–Crippen LogP) is 3.46. The molecular weight excluding hydrogens is 218 g/mol. The van der Waals surface area contributed by atoms with Gasteiger partial charge >= 0.3 is 6.16 Å². The zero-order valence-corrected chi connectivity index (χ0v) is 9.69. The maximum Gasteiger partial charge on any atom is 0.512 e. The average molecular weight is 235 g/mol. The van der Waals surface area contributed by atoms with Crippen molar-refractivity contribution in [2.75, 3.05) is 0 Å². The number of benzene rings is 1. The van der Waals surface area contributed by atoms with Crippen LogP contribution in [0, 0.1) is 5.41 Å². The lowest BCUT2D eigenvalue weighted by Crippen LogP contribution is -2.08. The monoisotopic (exact) mass is 235 g/mol. The first-order valence-electron chi connectivity index (χ1n) is 5.70. The summed E-state index contributed by atoms with van der Waals surface area (Å²) in [6.45, 7) is 0. The lowest BCUT2D eigenvalue weighted by Gasteiger charge is -2.03. The van der Waals surface area contributed by atoms with Crippen molar-refractivity contribution in [3.63, 3.8) is 0 Å². The maximum atomic E-state index is 10.1. The standard InChI is InChI=1S/C13H17NO3/c14-12(17-13(15)16)10-6-2-5-9-11-7-3-1-4-8-11/h1,3-4,7-8,14H,2,5-6,9-10H2,(H,15,16). The molecule has 0 unspecified atom stereocenters. The third-order valence-corrected chi connectivity index (χ3v) is 2.42. The maximum absolute atomic E-state index is 10.1. The van der Waals surface area contributed by atoms with E-state index in [1.807, 2.05) is 18.2 Å². The van der Waals surface area contributed by atoms with Crippen LogP contribution in [0.2, 0.25) is 0 Å². The van der Waals surface area contributed by atoms with Gasteiger partial charge in [0.15, 0.2) is 5.90 Å². The molecule has 0 heterocycles. The summed E-state index contributed by atoms with van der Waals surface area (Å²) < 4.78 is 4.22. The Labute approximate surface area is 101 Å². The van der Waals surface area contributed by atoms with Crippen molar-refractivity contribution in [2.45, 2.75) is 32.1 Å². The fraction of sp³-hybridized carbons (Fsp3) is 0.385. The van der Waals surface area contributed by atoms with Crippen molar-refractivity contribution in [2.24, 2.45) is 0 Å². The normalized spacial score (nSPS) is 9.88. The second kappa shape index (κ2) is 7.44. The predicted molar refractivity (Wildman–Crippen MR) is 65.5 cm³/mol. The molecule has 4 heteroatoms. The number of unbranched alkanes of at least 4 members (excludes halogenated alkanes) is 2. The smallest absolute Gasteiger partial charge is 0.449 e. The minimum Gasteiger partial charge on any atom is -0.449 e. The van der Waals surface area contributed by atoms with E-state index < -0.39 is 6.16 Å². The topological polar surface area (TPSA) is 70.4 Å². The number of hydrogen-bond donors (Lipinski definition) is 2. The summed E-state index contributed by atoms with van der Waals surface area (Å²) in [4.78, 5) is 10.1. The summed E-state index contributed by atoms with van der Waals surface area (Å²) in [5, 5.41) is 15.5. The van der Waals surface area contributed by atoms with E-state index in [-0.39, 0.29) is 5.90 Å². The fourth-order valence-electron chi connectivity index (χ4n) is 1.59. The second-order valence-electron chi connectivity index (χ2n) is 3.84. The van der Waals surface area contributed by atoms with Crippen LogP contribution in [-0.2, 0) is 11.2 Å². The van der Waals surface area contributed by atoms with E-state index in [2.05, 4.69) is 16.9 Å². The van der Waals surface area contributed by atoms with Crippen LogP contribution < -0.4 is 0 Å². The Balaban J connectivity index is 2.05. The van der Waals surface area contributed by atoms with Gasteiger partial charge < -0.3 is 9.84 Å². The lowest BCUT2D eigenvalue weighted by molar-refractivity contribution is 0.138. The molecular formula is C13H17NO3. The number of rotatable bonds is 6. The largest absolute Gasteiger partial charge is 0.512 e. The molecule has 0 fully saturated rings. The summed E-state index contributed by atoms with van der Waals surface area (Å²) >= 11 is 0. The van der Waals surface area contributed by atoms with Crippen molar-refractivity contribution in [3.05, 3.63) is 35.9 Å². The van der Waals surface area contributed by atoms with Gasteiger partial charge in [-0.05, 0) is 24.8 Å². The number of hydrogen-bond acceptors (Lipinski definition) is 3. The van der Waals surface area contributed by atoms with E-state index in [9.17, 15) is 4.79 Å². The summed E-state index contributed by atoms with van der Waals surface area (Å²) in [7, 11) is 0. The van der Waals surface area contributed by atoms with Crippen LogP contribution in [-0.4, -0.2) is 17.2 Å². The lowest BCUT2D eigenvalue weighted by atomic mass is 10.1. The Hall–Kier alpha value is -1.84. The Kier molecular flexibility index (Phi) is 5.79. The van der Waals surface area contributed by atoms with Crippen LogP contribution in [0.3, 0.4) is 0 Å². The Bertz CT molecular complexity index is 362. The van der Waals surface area contributed by atoms with Crippen molar-refractivity contribution in [3.8, 4) is 0 Å². The van der Waals surface area contributed by atoms with E-state index >= 15 is 0 Å². The molecule has 0 saturated heterocycles. The van der Waals surface area contributed by atoms with E-state index in [0.717, 1.165) is 25.7 Å². The molecule has 1 rings (SSSR count). The second-order valence-corrected chi connectivity index (χ2v) is 3.84. The third kappa shape index (κ3) is 6.35. The summed E-state index contributed by atoms with van der Waals surface area (Å²) in [6, 6.07) is 10.2. The first-order chi connectivity index (χ1) is 8.18. The van der Waals surface area contributed by atoms with Gasteiger partial charge in [-0.15, -0.1) is 0 Å². The van der Waals surface area contributed by atoms with E-state index in [0.29, 0.717) is 6.42 Å². The van der Waals surface area contributed by atoms with E-state index in [1.54, 1.807) is 0 Å². The van der Waals surface area contributed by atoms with Gasteiger partial charge in [-0.3, -0.25) is 5.41 Å². The van der Waals surface area contributed by atoms with Crippen LogP contribution >= 0.6 is 0 Å². The van der Waals surface area contributed by atoms with E-state index in [1.165, 1.54) is 5.56 Å². The van der Waals surface area contributed by atoms with Gasteiger partial charge in [-0.1, -0.05) is 36.8 Å². The highest BCUT2D eigenvalue weighted by molar-refractivity contribution is 5.82. The molecule has 92 valence electrons. The molecule has 0 aliphatic heterocycles. The van der Waals surface area contributed by atoms with Crippen molar-refractivity contribution >= 4 is 12.1 Å². The minimum absolute atomic E-state index is 0.169. The Morgan fingerprint density at radius 2 is 1.88 bits per heavy atom. The van der Waals surface area contributed by atoms with E-state index in [4.69, 9.17) is 10.5 Å². The molecule has 1 aromatic rings. The first kappa shape index (κ1) is 13.2. The molecule has 0 amide bonds. The highest BCUT2D eigenvalue weighted by Gasteiger charge is 2.03. The molecule has 0 atom stereocenters. The number of nitrogens with one attached hydrogen (secondary N) is 1. The van der Waals surface area contributed by atoms with Crippen molar-refractivity contribution in [1.29, 1.82) is 5.41 Å². The minimum atomic E-state index is -1.40. The van der Waals surface area contributed by atoms with Crippen LogP contribution in [0.25, 0.3) is 0 Å². The number of carbonyl (C=O) groups is 1.